The Morgan fingerprint density at radius 3 is 2.92 bits per heavy atom. The number of β-amino-alcohol motifs (C(OH)–C–C–N with tert-alkyl or cyclic N) is 1. The van der Waals surface area contributed by atoms with E-state index in [1.165, 1.54) is 38.4 Å². The van der Waals surface area contributed by atoms with Gasteiger partial charge in [0.25, 0.3) is 0 Å². The van der Waals surface area contributed by atoms with Gasteiger partial charge in [-0.25, -0.2) is 9.97 Å². The van der Waals surface area contributed by atoms with Crippen LogP contribution in [0.25, 0.3) is 11.0 Å². The molecule has 0 aromatic carbocycles. The molecule has 2 fully saturated rings. The topological polar surface area (TPSA) is 91.1 Å². The molecule has 7 heteroatoms. The van der Waals surface area contributed by atoms with Crippen LogP contribution in [0.15, 0.2) is 12.5 Å². The molecule has 0 radical (unpaired) electrons. The number of aromatic amines is 1. The van der Waals surface area contributed by atoms with Gasteiger partial charge in [0.2, 0.25) is 0 Å². The number of likely N-dealkylation sites (tertiary alicyclic amines) is 1. The van der Waals surface area contributed by atoms with Gasteiger partial charge in [0, 0.05) is 48.3 Å². The van der Waals surface area contributed by atoms with Gasteiger partial charge in [0.1, 0.15) is 11.8 Å². The van der Waals surface area contributed by atoms with Crippen molar-refractivity contribution in [1.82, 2.24) is 19.9 Å². The van der Waals surface area contributed by atoms with Crippen molar-refractivity contribution in [2.24, 2.45) is 5.92 Å². The van der Waals surface area contributed by atoms with Crippen molar-refractivity contribution in [3.63, 3.8) is 0 Å². The average molecular weight is 362 g/mol. The predicted molar refractivity (Wildman–Crippen MR) is 102 cm³/mol. The second-order valence-corrected chi connectivity index (χ2v) is 8.74. The van der Waals surface area contributed by atoms with E-state index in [1.54, 1.807) is 0 Å². The van der Waals surface area contributed by atoms with Crippen molar-refractivity contribution in [1.29, 1.82) is 0 Å². The first-order chi connectivity index (χ1) is 12.2. The third-order valence-corrected chi connectivity index (χ3v) is 7.11. The van der Waals surface area contributed by atoms with Crippen LogP contribution in [0.3, 0.4) is 0 Å². The second-order valence-electron chi connectivity index (χ2n) is 7.41. The van der Waals surface area contributed by atoms with Crippen molar-refractivity contribution in [2.45, 2.75) is 50.0 Å². The molecule has 1 aliphatic carbocycles. The third-order valence-electron chi connectivity index (χ3n) is 5.55. The summed E-state index contributed by atoms with van der Waals surface area (Å²) in [6.07, 6.45) is 10.1. The van der Waals surface area contributed by atoms with Crippen LogP contribution in [0, 0.1) is 5.92 Å². The molecule has 4 rings (SSSR count). The van der Waals surface area contributed by atoms with Crippen LogP contribution in [-0.4, -0.2) is 55.2 Å². The van der Waals surface area contributed by atoms with Gasteiger partial charge in [-0.2, -0.15) is 11.8 Å². The van der Waals surface area contributed by atoms with E-state index in [0.717, 1.165) is 47.2 Å². The number of aromatic nitrogens is 3. The molecule has 25 heavy (non-hydrogen) atoms. The number of H-pyrrole nitrogens is 1. The van der Waals surface area contributed by atoms with E-state index < -0.39 is 0 Å². The number of rotatable bonds is 5. The minimum atomic E-state index is -0.221. The maximum atomic E-state index is 10.5. The normalized spacial score (nSPS) is 25.8. The average Bonchev–Trinajstić information content (AvgIpc) is 3.19. The van der Waals surface area contributed by atoms with Crippen LogP contribution < -0.4 is 5.73 Å². The zero-order valence-corrected chi connectivity index (χ0v) is 15.3. The van der Waals surface area contributed by atoms with E-state index in [4.69, 9.17) is 5.73 Å². The van der Waals surface area contributed by atoms with Crippen molar-refractivity contribution >= 4 is 28.6 Å². The minimum Gasteiger partial charge on any atom is -0.391 e. The van der Waals surface area contributed by atoms with Gasteiger partial charge in [-0.15, -0.1) is 0 Å². The number of thioether (sulfide) groups is 1. The monoisotopic (exact) mass is 361 g/mol. The summed E-state index contributed by atoms with van der Waals surface area (Å²) in [4.78, 5) is 13.9. The van der Waals surface area contributed by atoms with Crippen LogP contribution in [-0.2, 0) is 6.54 Å². The fourth-order valence-corrected chi connectivity index (χ4v) is 5.61. The Bertz CT molecular complexity index is 715. The van der Waals surface area contributed by atoms with Crippen LogP contribution in [0.4, 0.5) is 5.82 Å². The fourth-order valence-electron chi connectivity index (χ4n) is 4.10. The van der Waals surface area contributed by atoms with E-state index in [2.05, 4.69) is 31.6 Å². The SMILES string of the molecule is Nc1ncnc2c(CN3C[C@H](CSC4CCCCC4)[C@@H](O)C3)c[nH]c12. The van der Waals surface area contributed by atoms with E-state index >= 15 is 0 Å². The molecule has 1 aliphatic heterocycles. The van der Waals surface area contributed by atoms with Crippen LogP contribution in [0.1, 0.15) is 37.7 Å². The van der Waals surface area contributed by atoms with E-state index in [9.17, 15) is 5.11 Å². The van der Waals surface area contributed by atoms with E-state index in [1.807, 2.05) is 6.20 Å². The maximum Gasteiger partial charge on any atom is 0.151 e. The number of nitrogens with zero attached hydrogens (tertiary/aromatic N) is 3. The van der Waals surface area contributed by atoms with Gasteiger partial charge >= 0.3 is 0 Å². The first-order valence-electron chi connectivity index (χ1n) is 9.29. The summed E-state index contributed by atoms with van der Waals surface area (Å²) in [5, 5.41) is 11.3. The summed E-state index contributed by atoms with van der Waals surface area (Å²) in [6, 6.07) is 0. The Morgan fingerprint density at radius 1 is 1.24 bits per heavy atom. The Balaban J connectivity index is 1.35. The van der Waals surface area contributed by atoms with Gasteiger partial charge < -0.3 is 15.8 Å². The van der Waals surface area contributed by atoms with Crippen LogP contribution in [0.2, 0.25) is 0 Å². The lowest BCUT2D eigenvalue weighted by Crippen LogP contribution is -2.21. The van der Waals surface area contributed by atoms with Crippen molar-refractivity contribution in [2.75, 3.05) is 24.6 Å². The number of nitrogens with two attached hydrogens (primary N) is 1. The summed E-state index contributed by atoms with van der Waals surface area (Å²) in [7, 11) is 0. The van der Waals surface area contributed by atoms with Gasteiger partial charge in [-0.05, 0) is 12.8 Å². The number of aliphatic hydroxyl groups excluding tert-OH is 1. The van der Waals surface area contributed by atoms with Crippen molar-refractivity contribution in [3.8, 4) is 0 Å². The summed E-state index contributed by atoms with van der Waals surface area (Å²) >= 11 is 2.08. The largest absolute Gasteiger partial charge is 0.391 e. The van der Waals surface area contributed by atoms with Gasteiger partial charge in [-0.1, -0.05) is 19.3 Å². The Hall–Kier alpha value is -1.31. The third kappa shape index (κ3) is 3.78. The maximum absolute atomic E-state index is 10.5. The summed E-state index contributed by atoms with van der Waals surface area (Å²) < 4.78 is 0. The zero-order valence-electron chi connectivity index (χ0n) is 14.5. The first kappa shape index (κ1) is 17.1. The molecule has 3 heterocycles. The lowest BCUT2D eigenvalue weighted by molar-refractivity contribution is 0.149. The quantitative estimate of drug-likeness (QED) is 0.757. The van der Waals surface area contributed by atoms with E-state index in [-0.39, 0.29) is 6.10 Å². The van der Waals surface area contributed by atoms with E-state index in [0.29, 0.717) is 11.7 Å². The molecule has 1 saturated heterocycles. The first-order valence-corrected chi connectivity index (χ1v) is 10.3. The molecule has 0 bridgehead atoms. The molecule has 2 aromatic heterocycles. The number of aliphatic hydroxyl groups is 1. The van der Waals surface area contributed by atoms with Crippen molar-refractivity contribution in [3.05, 3.63) is 18.1 Å². The molecule has 0 amide bonds. The molecule has 2 aliphatic rings. The Kier molecular flexibility index (Phi) is 5.15. The summed E-state index contributed by atoms with van der Waals surface area (Å²) in [5.74, 6) is 1.93. The number of hydrogen-bond acceptors (Lipinski definition) is 6. The van der Waals surface area contributed by atoms with Gasteiger partial charge in [0.05, 0.1) is 11.6 Å². The molecule has 1 saturated carbocycles. The number of anilines is 1. The second kappa shape index (κ2) is 7.51. The lowest BCUT2D eigenvalue weighted by atomic mass is 10.0. The summed E-state index contributed by atoms with van der Waals surface area (Å²) in [6.45, 7) is 2.48. The number of nitrogens with one attached hydrogen (secondary N) is 1. The molecule has 136 valence electrons. The molecule has 4 N–H and O–H groups in total. The van der Waals surface area contributed by atoms with Gasteiger partial charge in [0.15, 0.2) is 5.82 Å². The highest BCUT2D eigenvalue weighted by Gasteiger charge is 2.32. The summed E-state index contributed by atoms with van der Waals surface area (Å²) in [5.41, 5.74) is 8.71. The highest BCUT2D eigenvalue weighted by atomic mass is 32.2. The molecular formula is C18H27N5OS. The molecule has 0 unspecified atom stereocenters. The number of nitrogen functional groups attached to an aromatic ring is 1. The predicted octanol–water partition coefficient (Wildman–Crippen LogP) is 2.40. The smallest absolute Gasteiger partial charge is 0.151 e. The molecule has 2 aromatic rings. The van der Waals surface area contributed by atoms with Crippen LogP contribution in [0.5, 0.6) is 0 Å². The fraction of sp³-hybridized carbons (Fsp3) is 0.667. The highest BCUT2D eigenvalue weighted by molar-refractivity contribution is 7.99. The molecule has 6 nitrogen and oxygen atoms in total. The minimum absolute atomic E-state index is 0.221. The highest BCUT2D eigenvalue weighted by Crippen LogP contribution is 2.32. The van der Waals surface area contributed by atoms with Crippen LogP contribution >= 0.6 is 11.8 Å². The number of fused-ring (bicyclic) bond motifs is 1. The zero-order chi connectivity index (χ0) is 17.2. The molecule has 0 spiro atoms. The molecule has 2 atom stereocenters. The Labute approximate surface area is 152 Å². The number of hydrogen-bond donors (Lipinski definition) is 3. The standard InChI is InChI=1S/C18H27N5OS/c19-18-17-16(21-11-22-18)12(6-20-17)7-23-8-13(15(24)9-23)10-25-14-4-2-1-3-5-14/h6,11,13-15,20,24H,1-5,7-10H2,(H2,19,21,22)/t13-,15+/m1/s1. The van der Waals surface area contributed by atoms with Crippen molar-refractivity contribution < 1.29 is 5.11 Å². The Morgan fingerprint density at radius 2 is 2.08 bits per heavy atom. The van der Waals surface area contributed by atoms with Gasteiger partial charge in [-0.3, -0.25) is 4.90 Å². The lowest BCUT2D eigenvalue weighted by Gasteiger charge is -2.23. The molecular weight excluding hydrogens is 334 g/mol.